The lowest BCUT2D eigenvalue weighted by Crippen LogP contribution is -2.43. The largest absolute Gasteiger partial charge is 0.451 e. The highest BCUT2D eigenvalue weighted by Gasteiger charge is 2.31. The highest BCUT2D eigenvalue weighted by molar-refractivity contribution is 6.19. The van der Waals surface area contributed by atoms with Crippen LogP contribution in [0, 0.1) is 18.8 Å². The van der Waals surface area contributed by atoms with E-state index < -0.39 is 0 Å². The van der Waals surface area contributed by atoms with Gasteiger partial charge in [0.05, 0.1) is 29.9 Å². The standard InChI is InChI=1S/C25H23N3O2/c1-17-8-9-21-24(29)23(15-22-20-6-3-2-5-18(20)16-27-22)30-25(21)19(17)7-4-12-28-13-10-26-11-14-28/h2-3,5-6,8-9,15,26H,10-14,16H2,1H3/b23-15-. The van der Waals surface area contributed by atoms with Crippen molar-refractivity contribution in [2.75, 3.05) is 32.7 Å². The summed E-state index contributed by atoms with van der Waals surface area (Å²) in [5.41, 5.74) is 5.41. The number of ketones is 1. The van der Waals surface area contributed by atoms with Gasteiger partial charge in [-0.3, -0.25) is 14.7 Å². The van der Waals surface area contributed by atoms with E-state index in [1.54, 1.807) is 6.08 Å². The second-order valence-electron chi connectivity index (χ2n) is 7.76. The molecule has 1 N–H and O–H groups in total. The van der Waals surface area contributed by atoms with Crippen LogP contribution in [0.5, 0.6) is 5.75 Å². The SMILES string of the molecule is Cc1ccc2c(c1C#CCN1CCNCC1)O/C(=C\C1=NCc3ccccc31)C2=O. The van der Waals surface area contributed by atoms with Gasteiger partial charge in [0.1, 0.15) is 0 Å². The molecule has 0 atom stereocenters. The first-order chi connectivity index (χ1) is 14.7. The van der Waals surface area contributed by atoms with E-state index in [0.717, 1.165) is 55.1 Å². The normalized spacial score (nSPS) is 19.0. The summed E-state index contributed by atoms with van der Waals surface area (Å²) < 4.78 is 6.06. The molecule has 0 unspecified atom stereocenters. The van der Waals surface area contributed by atoms with Crippen LogP contribution in [0.25, 0.3) is 0 Å². The first-order valence-corrected chi connectivity index (χ1v) is 10.3. The van der Waals surface area contributed by atoms with E-state index in [1.807, 2.05) is 37.3 Å². The van der Waals surface area contributed by atoms with E-state index in [2.05, 4.69) is 33.1 Å². The molecule has 2 aromatic rings. The van der Waals surface area contributed by atoms with Crippen LogP contribution in [0.15, 0.2) is 53.2 Å². The molecule has 5 nitrogen and oxygen atoms in total. The second kappa shape index (κ2) is 7.91. The first kappa shape index (κ1) is 18.8. The number of rotatable bonds is 2. The van der Waals surface area contributed by atoms with E-state index in [-0.39, 0.29) is 5.78 Å². The van der Waals surface area contributed by atoms with Gasteiger partial charge in [0.15, 0.2) is 11.5 Å². The van der Waals surface area contributed by atoms with Crippen LogP contribution < -0.4 is 10.1 Å². The quantitative estimate of drug-likeness (QED) is 0.625. The van der Waals surface area contributed by atoms with Gasteiger partial charge in [-0.05, 0) is 24.1 Å². The number of benzene rings is 2. The summed E-state index contributed by atoms with van der Waals surface area (Å²) in [5.74, 6) is 7.32. The first-order valence-electron chi connectivity index (χ1n) is 10.3. The minimum atomic E-state index is -0.109. The Morgan fingerprint density at radius 2 is 2.00 bits per heavy atom. The third-order valence-corrected chi connectivity index (χ3v) is 5.75. The summed E-state index contributed by atoms with van der Waals surface area (Å²) >= 11 is 0. The Balaban J connectivity index is 1.42. The summed E-state index contributed by atoms with van der Waals surface area (Å²) in [6.45, 7) is 7.37. The number of hydrogen-bond donors (Lipinski definition) is 1. The molecule has 5 rings (SSSR count). The molecule has 0 radical (unpaired) electrons. The number of carbonyl (C=O) groups is 1. The van der Waals surface area contributed by atoms with Crippen LogP contribution in [0.2, 0.25) is 0 Å². The van der Waals surface area contributed by atoms with Crippen molar-refractivity contribution in [1.29, 1.82) is 0 Å². The minimum Gasteiger partial charge on any atom is -0.451 e. The summed E-state index contributed by atoms with van der Waals surface area (Å²) in [5, 5.41) is 3.35. The van der Waals surface area contributed by atoms with Crippen molar-refractivity contribution in [1.82, 2.24) is 10.2 Å². The fourth-order valence-electron chi connectivity index (χ4n) is 4.03. The molecule has 2 aromatic carbocycles. The van der Waals surface area contributed by atoms with Crippen LogP contribution in [0.1, 0.15) is 32.6 Å². The Morgan fingerprint density at radius 3 is 2.87 bits per heavy atom. The number of nitrogens with one attached hydrogen (secondary N) is 1. The summed E-state index contributed by atoms with van der Waals surface area (Å²) in [6.07, 6.45) is 1.77. The van der Waals surface area contributed by atoms with Crippen LogP contribution >= 0.6 is 0 Å². The molecule has 3 aliphatic heterocycles. The predicted molar refractivity (Wildman–Crippen MR) is 117 cm³/mol. The number of nitrogens with zero attached hydrogens (tertiary/aromatic N) is 2. The fraction of sp³-hybridized carbons (Fsp3) is 0.280. The van der Waals surface area contributed by atoms with Crippen molar-refractivity contribution in [3.05, 3.63) is 76.1 Å². The predicted octanol–water partition coefficient (Wildman–Crippen LogP) is 2.71. The fourth-order valence-corrected chi connectivity index (χ4v) is 4.03. The average molecular weight is 397 g/mol. The molecule has 0 amide bonds. The molecule has 1 fully saturated rings. The van der Waals surface area contributed by atoms with Crippen LogP contribution in [-0.4, -0.2) is 49.1 Å². The van der Waals surface area contributed by atoms with E-state index in [9.17, 15) is 4.79 Å². The topological polar surface area (TPSA) is 53.9 Å². The van der Waals surface area contributed by atoms with Gasteiger partial charge < -0.3 is 10.1 Å². The zero-order valence-corrected chi connectivity index (χ0v) is 17.0. The molecule has 150 valence electrons. The van der Waals surface area contributed by atoms with Gasteiger partial charge in [0.2, 0.25) is 5.78 Å². The van der Waals surface area contributed by atoms with Crippen molar-refractivity contribution in [2.45, 2.75) is 13.5 Å². The number of hydrogen-bond acceptors (Lipinski definition) is 5. The highest BCUT2D eigenvalue weighted by Crippen LogP contribution is 2.36. The number of piperazine rings is 1. The number of ether oxygens (including phenoxy) is 1. The molecular formula is C25H23N3O2. The molecule has 1 saturated heterocycles. The Labute approximate surface area is 176 Å². The number of allylic oxidation sites excluding steroid dienone is 2. The molecule has 3 heterocycles. The number of aliphatic imine (C=N–C) groups is 1. The molecule has 0 spiro atoms. The molecule has 0 saturated carbocycles. The van der Waals surface area contributed by atoms with Gasteiger partial charge in [-0.15, -0.1) is 0 Å². The third kappa shape index (κ3) is 3.45. The number of Topliss-reactive ketones (excluding diaryl/α,β-unsaturated/α-hetero) is 1. The smallest absolute Gasteiger partial charge is 0.232 e. The summed E-state index contributed by atoms with van der Waals surface area (Å²) in [4.78, 5) is 19.9. The number of fused-ring (bicyclic) bond motifs is 2. The lowest BCUT2D eigenvalue weighted by atomic mass is 10.0. The van der Waals surface area contributed by atoms with Crippen LogP contribution in [0.3, 0.4) is 0 Å². The van der Waals surface area contributed by atoms with E-state index in [4.69, 9.17) is 4.74 Å². The molecule has 30 heavy (non-hydrogen) atoms. The van der Waals surface area contributed by atoms with Crippen molar-refractivity contribution in [2.24, 2.45) is 4.99 Å². The molecule has 5 heteroatoms. The second-order valence-corrected chi connectivity index (χ2v) is 7.76. The van der Waals surface area contributed by atoms with Gasteiger partial charge in [0.25, 0.3) is 0 Å². The van der Waals surface area contributed by atoms with Crippen LogP contribution in [0.4, 0.5) is 0 Å². The van der Waals surface area contributed by atoms with Crippen molar-refractivity contribution >= 4 is 11.5 Å². The zero-order chi connectivity index (χ0) is 20.5. The monoisotopic (exact) mass is 397 g/mol. The van der Waals surface area contributed by atoms with E-state index in [0.29, 0.717) is 23.6 Å². The minimum absolute atomic E-state index is 0.109. The van der Waals surface area contributed by atoms with Gasteiger partial charge in [-0.25, -0.2) is 0 Å². The molecule has 0 aromatic heterocycles. The lowest BCUT2D eigenvalue weighted by molar-refractivity contribution is 0.101. The van der Waals surface area contributed by atoms with Crippen LogP contribution in [-0.2, 0) is 6.54 Å². The van der Waals surface area contributed by atoms with Crippen molar-refractivity contribution in [3.63, 3.8) is 0 Å². The maximum atomic E-state index is 13.0. The van der Waals surface area contributed by atoms with E-state index >= 15 is 0 Å². The molecule has 0 bridgehead atoms. The Kier molecular flexibility index (Phi) is 4.96. The van der Waals surface area contributed by atoms with E-state index in [1.165, 1.54) is 5.56 Å². The summed E-state index contributed by atoms with van der Waals surface area (Å²) in [6, 6.07) is 11.9. The van der Waals surface area contributed by atoms with Gasteiger partial charge in [-0.1, -0.05) is 42.2 Å². The molecule has 3 aliphatic rings. The van der Waals surface area contributed by atoms with Crippen molar-refractivity contribution < 1.29 is 9.53 Å². The molecular weight excluding hydrogens is 374 g/mol. The maximum absolute atomic E-state index is 13.0. The van der Waals surface area contributed by atoms with Gasteiger partial charge in [0, 0.05) is 37.8 Å². The maximum Gasteiger partial charge on any atom is 0.232 e. The number of aryl methyl sites for hydroxylation is 1. The van der Waals surface area contributed by atoms with Gasteiger partial charge in [-0.2, -0.15) is 0 Å². The zero-order valence-electron chi connectivity index (χ0n) is 17.0. The highest BCUT2D eigenvalue weighted by atomic mass is 16.5. The Bertz CT molecular complexity index is 1140. The average Bonchev–Trinajstić information content (AvgIpc) is 3.32. The Morgan fingerprint density at radius 1 is 1.17 bits per heavy atom. The lowest BCUT2D eigenvalue weighted by Gasteiger charge is -2.24. The Hall–Kier alpha value is -3.20. The van der Waals surface area contributed by atoms with Crippen molar-refractivity contribution in [3.8, 4) is 17.6 Å². The summed E-state index contributed by atoms with van der Waals surface area (Å²) in [7, 11) is 0. The number of carbonyl (C=O) groups excluding carboxylic acids is 1. The molecule has 0 aliphatic carbocycles. The third-order valence-electron chi connectivity index (χ3n) is 5.75. The van der Waals surface area contributed by atoms with Gasteiger partial charge >= 0.3 is 0 Å².